The number of H-pyrrole nitrogens is 1. The molecule has 0 spiro atoms. The minimum absolute atomic E-state index is 0.0233. The molecule has 0 aliphatic rings. The summed E-state index contributed by atoms with van der Waals surface area (Å²) in [6.07, 6.45) is 2.64. The van der Waals surface area contributed by atoms with Crippen LogP contribution < -0.4 is 21.9 Å². The minimum atomic E-state index is -1.26. The number of thioether (sulfide) groups is 1. The molecule has 0 aliphatic carbocycles. The third-order valence-electron chi connectivity index (χ3n) is 6.74. The Labute approximate surface area is 230 Å². The molecule has 0 unspecified atom stereocenters. The van der Waals surface area contributed by atoms with E-state index in [-0.39, 0.29) is 24.1 Å². The van der Waals surface area contributed by atoms with E-state index < -0.39 is 47.2 Å². The number of carbonyl (C=O) groups is 3. The fourth-order valence-corrected chi connectivity index (χ4v) is 4.78. The van der Waals surface area contributed by atoms with Crippen LogP contribution in [0.3, 0.4) is 0 Å². The summed E-state index contributed by atoms with van der Waals surface area (Å²) < 4.78 is 0.882. The third-order valence-corrected chi connectivity index (χ3v) is 7.39. The second-order valence-corrected chi connectivity index (χ2v) is 10.4. The standard InChI is InChI=1S/C28H34N4O6S/c1-4-17(2)23(27(36)37)31-24(33)21(14-15-39-3)29-25(34)22(16-18-10-6-5-7-11-18)32-26(35)19-12-8-9-13-20(19)30-28(32)38/h5-13,17,21-23H,4,14-16H2,1-3H3,(H,29,34)(H,30,38)(H,31,33)(H,36,37)/t17-,21-,22-,23-/m0/s1. The van der Waals surface area contributed by atoms with Crippen LogP contribution in [0.4, 0.5) is 0 Å². The molecule has 0 bridgehead atoms. The topological polar surface area (TPSA) is 150 Å². The molecular formula is C28H34N4O6S. The van der Waals surface area contributed by atoms with Crippen molar-refractivity contribution in [3.05, 3.63) is 81.0 Å². The number of hydrogen-bond acceptors (Lipinski definition) is 6. The first-order chi connectivity index (χ1) is 18.7. The van der Waals surface area contributed by atoms with E-state index in [1.54, 1.807) is 55.5 Å². The van der Waals surface area contributed by atoms with Crippen molar-refractivity contribution in [2.45, 2.75) is 51.2 Å². The zero-order valence-electron chi connectivity index (χ0n) is 22.2. The number of benzene rings is 2. The molecule has 1 heterocycles. The summed E-state index contributed by atoms with van der Waals surface area (Å²) >= 11 is 1.47. The molecule has 3 rings (SSSR count). The summed E-state index contributed by atoms with van der Waals surface area (Å²) in [5, 5.41) is 15.1. The highest BCUT2D eigenvalue weighted by Crippen LogP contribution is 2.15. The van der Waals surface area contributed by atoms with E-state index in [9.17, 15) is 29.1 Å². The molecule has 0 aliphatic heterocycles. The number of aliphatic carboxylic acids is 1. The number of rotatable bonds is 13. The molecular weight excluding hydrogens is 520 g/mol. The number of aromatic nitrogens is 2. The number of aromatic amines is 1. The zero-order chi connectivity index (χ0) is 28.5. The van der Waals surface area contributed by atoms with Gasteiger partial charge in [0.05, 0.1) is 10.9 Å². The summed E-state index contributed by atoms with van der Waals surface area (Å²) in [6.45, 7) is 3.55. The van der Waals surface area contributed by atoms with Crippen LogP contribution in [0.15, 0.2) is 64.2 Å². The number of para-hydroxylation sites is 1. The lowest BCUT2D eigenvalue weighted by Crippen LogP contribution is -2.55. The van der Waals surface area contributed by atoms with E-state index in [0.717, 1.165) is 4.57 Å². The van der Waals surface area contributed by atoms with Crippen molar-refractivity contribution in [3.63, 3.8) is 0 Å². The maximum Gasteiger partial charge on any atom is 0.329 e. The lowest BCUT2D eigenvalue weighted by Gasteiger charge is -2.26. The van der Waals surface area contributed by atoms with Gasteiger partial charge in [0, 0.05) is 6.42 Å². The number of fused-ring (bicyclic) bond motifs is 1. The van der Waals surface area contributed by atoms with Gasteiger partial charge in [-0.1, -0.05) is 62.7 Å². The predicted molar refractivity (Wildman–Crippen MR) is 152 cm³/mol. The maximum atomic E-state index is 13.7. The summed E-state index contributed by atoms with van der Waals surface area (Å²) in [5.74, 6) is -2.31. The Balaban J connectivity index is 2.00. The van der Waals surface area contributed by atoms with Crippen molar-refractivity contribution in [2.24, 2.45) is 5.92 Å². The Hall–Kier alpha value is -3.86. The number of carboxylic acids is 1. The maximum absolute atomic E-state index is 13.7. The Morgan fingerprint density at radius 1 is 1.00 bits per heavy atom. The molecule has 0 radical (unpaired) electrons. The molecule has 0 saturated heterocycles. The van der Waals surface area contributed by atoms with Gasteiger partial charge in [-0.15, -0.1) is 0 Å². The number of amides is 2. The minimum Gasteiger partial charge on any atom is -0.480 e. The van der Waals surface area contributed by atoms with Gasteiger partial charge in [-0.3, -0.25) is 14.4 Å². The van der Waals surface area contributed by atoms with Gasteiger partial charge in [0.15, 0.2) is 0 Å². The summed E-state index contributed by atoms with van der Waals surface area (Å²) in [5.41, 5.74) is -0.310. The van der Waals surface area contributed by atoms with Gasteiger partial charge < -0.3 is 20.7 Å². The van der Waals surface area contributed by atoms with Gasteiger partial charge in [-0.2, -0.15) is 11.8 Å². The molecule has 39 heavy (non-hydrogen) atoms. The first-order valence-corrected chi connectivity index (χ1v) is 14.2. The molecule has 2 aromatic carbocycles. The third kappa shape index (κ3) is 7.38. The summed E-state index contributed by atoms with van der Waals surface area (Å²) in [4.78, 5) is 67.9. The van der Waals surface area contributed by atoms with Crippen LogP contribution >= 0.6 is 11.8 Å². The lowest BCUT2D eigenvalue weighted by molar-refractivity contribution is -0.143. The van der Waals surface area contributed by atoms with Crippen molar-refractivity contribution in [1.82, 2.24) is 20.2 Å². The number of hydrogen-bond donors (Lipinski definition) is 4. The highest BCUT2D eigenvalue weighted by atomic mass is 32.2. The molecule has 0 fully saturated rings. The molecule has 2 amide bonds. The van der Waals surface area contributed by atoms with Crippen LogP contribution in [0.1, 0.15) is 38.3 Å². The molecule has 4 atom stereocenters. The molecule has 208 valence electrons. The van der Waals surface area contributed by atoms with Crippen LogP contribution in [0, 0.1) is 5.92 Å². The highest BCUT2D eigenvalue weighted by Gasteiger charge is 2.32. The Morgan fingerprint density at radius 3 is 2.31 bits per heavy atom. The second-order valence-electron chi connectivity index (χ2n) is 9.41. The van der Waals surface area contributed by atoms with E-state index >= 15 is 0 Å². The number of nitrogens with zero attached hydrogens (tertiary/aromatic N) is 1. The number of carboxylic acid groups (broad SMARTS) is 1. The molecule has 1 aromatic heterocycles. The van der Waals surface area contributed by atoms with Gasteiger partial charge >= 0.3 is 11.7 Å². The van der Waals surface area contributed by atoms with Gasteiger partial charge in [0.2, 0.25) is 11.8 Å². The van der Waals surface area contributed by atoms with Crippen molar-refractivity contribution >= 4 is 40.4 Å². The Morgan fingerprint density at radius 2 is 1.67 bits per heavy atom. The van der Waals surface area contributed by atoms with Gasteiger partial charge in [0.1, 0.15) is 18.1 Å². The van der Waals surface area contributed by atoms with Crippen LogP contribution in [0.2, 0.25) is 0 Å². The SMILES string of the molecule is CC[C@H](C)[C@H](NC(=O)[C@H](CCSC)NC(=O)[C@H](Cc1ccccc1)n1c(=O)[nH]c2ccccc2c1=O)C(=O)O. The van der Waals surface area contributed by atoms with E-state index in [0.29, 0.717) is 23.3 Å². The normalized spacial score (nSPS) is 14.2. The summed E-state index contributed by atoms with van der Waals surface area (Å²) in [6, 6.07) is 12.0. The number of nitrogens with one attached hydrogen (secondary N) is 3. The fourth-order valence-electron chi connectivity index (χ4n) is 4.31. The van der Waals surface area contributed by atoms with Crippen LogP contribution in [-0.2, 0) is 20.8 Å². The fraction of sp³-hybridized carbons (Fsp3) is 0.393. The first-order valence-electron chi connectivity index (χ1n) is 12.8. The van der Waals surface area contributed by atoms with E-state index in [4.69, 9.17) is 0 Å². The highest BCUT2D eigenvalue weighted by molar-refractivity contribution is 7.98. The van der Waals surface area contributed by atoms with Crippen molar-refractivity contribution in [2.75, 3.05) is 12.0 Å². The van der Waals surface area contributed by atoms with Gasteiger partial charge in [-0.25, -0.2) is 14.2 Å². The van der Waals surface area contributed by atoms with Crippen molar-refractivity contribution < 1.29 is 19.5 Å². The number of carbonyl (C=O) groups excluding carboxylic acids is 2. The lowest BCUT2D eigenvalue weighted by atomic mass is 9.98. The smallest absolute Gasteiger partial charge is 0.329 e. The molecule has 0 saturated carbocycles. The van der Waals surface area contributed by atoms with Crippen LogP contribution in [-0.4, -0.2) is 56.5 Å². The first kappa shape index (κ1) is 29.7. The monoisotopic (exact) mass is 554 g/mol. The Kier molecular flexibility index (Phi) is 10.5. The largest absolute Gasteiger partial charge is 0.480 e. The van der Waals surface area contributed by atoms with Crippen LogP contribution in [0.5, 0.6) is 0 Å². The van der Waals surface area contributed by atoms with E-state index in [1.165, 1.54) is 11.8 Å². The second kappa shape index (κ2) is 13.8. The quantitative estimate of drug-likeness (QED) is 0.253. The van der Waals surface area contributed by atoms with Crippen molar-refractivity contribution in [3.8, 4) is 0 Å². The zero-order valence-corrected chi connectivity index (χ0v) is 23.0. The average Bonchev–Trinajstić information content (AvgIpc) is 2.93. The van der Waals surface area contributed by atoms with Gasteiger partial charge in [-0.05, 0) is 42.0 Å². The molecule has 4 N–H and O–H groups in total. The van der Waals surface area contributed by atoms with Crippen molar-refractivity contribution in [1.29, 1.82) is 0 Å². The molecule has 3 aromatic rings. The predicted octanol–water partition coefficient (Wildman–Crippen LogP) is 2.33. The van der Waals surface area contributed by atoms with Gasteiger partial charge in [0.25, 0.3) is 5.56 Å². The Bertz CT molecular complexity index is 1420. The van der Waals surface area contributed by atoms with E-state index in [2.05, 4.69) is 15.6 Å². The van der Waals surface area contributed by atoms with E-state index in [1.807, 2.05) is 19.2 Å². The molecule has 10 nitrogen and oxygen atoms in total. The van der Waals surface area contributed by atoms with Crippen LogP contribution in [0.25, 0.3) is 10.9 Å². The average molecular weight is 555 g/mol. The molecule has 11 heteroatoms. The summed E-state index contributed by atoms with van der Waals surface area (Å²) in [7, 11) is 0.